The lowest BCUT2D eigenvalue weighted by Crippen LogP contribution is -2.30. The molecule has 1 aliphatic heterocycles. The van der Waals surface area contributed by atoms with Gasteiger partial charge in [0.15, 0.2) is 0 Å². The Balaban J connectivity index is 1.63. The second-order valence-electron chi connectivity index (χ2n) is 7.22. The summed E-state index contributed by atoms with van der Waals surface area (Å²) in [7, 11) is -0.678. The quantitative estimate of drug-likeness (QED) is 0.757. The fourth-order valence-corrected chi connectivity index (χ4v) is 5.51. The van der Waals surface area contributed by atoms with E-state index in [4.69, 9.17) is 9.47 Å². The summed E-state index contributed by atoms with van der Waals surface area (Å²) in [5.74, 6) is 2.46. The molecule has 146 valence electrons. The molecule has 1 atom stereocenters. The number of rotatable bonds is 6. The van der Waals surface area contributed by atoms with Gasteiger partial charge in [-0.1, -0.05) is 0 Å². The Morgan fingerprint density at radius 3 is 2.59 bits per heavy atom. The molecule has 0 radical (unpaired) electrons. The van der Waals surface area contributed by atoms with E-state index in [9.17, 15) is 8.42 Å². The van der Waals surface area contributed by atoms with Gasteiger partial charge >= 0.3 is 0 Å². The largest absolute Gasteiger partial charge is 0.497 e. The van der Waals surface area contributed by atoms with Gasteiger partial charge < -0.3 is 14.0 Å². The van der Waals surface area contributed by atoms with Crippen molar-refractivity contribution in [1.29, 1.82) is 0 Å². The minimum absolute atomic E-state index is 0.120. The van der Waals surface area contributed by atoms with Crippen LogP contribution in [0.1, 0.15) is 42.7 Å². The number of methoxy groups -OCH3 is 2. The Hall–Kier alpha value is -2.06. The topological polar surface area (TPSA) is 73.7 Å². The van der Waals surface area contributed by atoms with Gasteiger partial charge in [-0.2, -0.15) is 4.31 Å². The first-order valence-corrected chi connectivity index (χ1v) is 10.7. The Kier molecular flexibility index (Phi) is 4.63. The molecular formula is C19H25N3O4S. The van der Waals surface area contributed by atoms with Crippen LogP contribution in [0.2, 0.25) is 0 Å². The van der Waals surface area contributed by atoms with Crippen LogP contribution >= 0.6 is 0 Å². The van der Waals surface area contributed by atoms with Crippen LogP contribution in [0.4, 0.5) is 0 Å². The summed E-state index contributed by atoms with van der Waals surface area (Å²) in [5, 5.41) is 0. The summed E-state index contributed by atoms with van der Waals surface area (Å²) in [4.78, 5) is 4.72. The van der Waals surface area contributed by atoms with Crippen LogP contribution in [0.3, 0.4) is 0 Å². The summed E-state index contributed by atoms with van der Waals surface area (Å²) >= 11 is 0. The molecule has 2 heterocycles. The first-order valence-electron chi connectivity index (χ1n) is 9.21. The highest BCUT2D eigenvalue weighted by atomic mass is 32.2. The molecule has 2 fully saturated rings. The third-order valence-corrected chi connectivity index (χ3v) is 7.32. The van der Waals surface area contributed by atoms with Gasteiger partial charge in [-0.25, -0.2) is 13.4 Å². The number of aromatic nitrogens is 2. The molecular weight excluding hydrogens is 366 g/mol. The SMILES string of the molecule is COc1ccc(OC)c(S(=O)(=O)N2CCC(n3c(C)cnc3C3CC3)C2)c1. The molecule has 0 spiro atoms. The molecule has 1 aromatic heterocycles. The Bertz CT molecular complexity index is 950. The maximum Gasteiger partial charge on any atom is 0.246 e. The van der Waals surface area contributed by atoms with E-state index in [-0.39, 0.29) is 10.9 Å². The van der Waals surface area contributed by atoms with E-state index in [0.717, 1.165) is 17.9 Å². The standard InChI is InChI=1S/C19H25N3O4S/c1-13-11-20-19(14-4-5-14)22(13)15-8-9-21(12-15)27(23,24)18-10-16(25-2)6-7-17(18)26-3/h6-7,10-11,14-15H,4-5,8-9,12H2,1-3H3. The Morgan fingerprint density at radius 2 is 1.93 bits per heavy atom. The van der Waals surface area contributed by atoms with Crippen molar-refractivity contribution in [2.45, 2.75) is 43.0 Å². The predicted molar refractivity (Wildman–Crippen MR) is 101 cm³/mol. The van der Waals surface area contributed by atoms with Crippen LogP contribution in [0.5, 0.6) is 11.5 Å². The first-order chi connectivity index (χ1) is 13.0. The van der Waals surface area contributed by atoms with Gasteiger partial charge in [0.25, 0.3) is 0 Å². The summed E-state index contributed by atoms with van der Waals surface area (Å²) < 4.78 is 40.8. The molecule has 1 saturated carbocycles. The average Bonchev–Trinajstić information content (AvgIpc) is 3.26. The molecule has 27 heavy (non-hydrogen) atoms. The van der Waals surface area contributed by atoms with Gasteiger partial charge in [0.1, 0.15) is 22.2 Å². The van der Waals surface area contributed by atoms with Crippen LogP contribution in [0, 0.1) is 6.92 Å². The van der Waals surface area contributed by atoms with Gasteiger partial charge in [-0.05, 0) is 38.3 Å². The van der Waals surface area contributed by atoms with Gasteiger partial charge in [0.2, 0.25) is 10.0 Å². The minimum Gasteiger partial charge on any atom is -0.497 e. The number of hydrogen-bond donors (Lipinski definition) is 0. The highest BCUT2D eigenvalue weighted by Gasteiger charge is 2.38. The van der Waals surface area contributed by atoms with E-state index in [1.165, 1.54) is 33.1 Å². The summed E-state index contributed by atoms with van der Waals surface area (Å²) in [6.45, 7) is 2.97. The van der Waals surface area contributed by atoms with Gasteiger partial charge in [0, 0.05) is 37.0 Å². The van der Waals surface area contributed by atoms with E-state index in [1.807, 2.05) is 13.1 Å². The lowest BCUT2D eigenvalue weighted by atomic mass is 10.2. The third kappa shape index (κ3) is 3.21. The number of hydrogen-bond acceptors (Lipinski definition) is 5. The van der Waals surface area contributed by atoms with Gasteiger partial charge in [0.05, 0.1) is 20.3 Å². The Morgan fingerprint density at radius 1 is 1.15 bits per heavy atom. The van der Waals surface area contributed by atoms with Crippen molar-refractivity contribution in [2.24, 2.45) is 0 Å². The van der Waals surface area contributed by atoms with E-state index < -0.39 is 10.0 Å². The molecule has 1 aliphatic carbocycles. The van der Waals surface area contributed by atoms with Crippen molar-refractivity contribution in [3.05, 3.63) is 35.9 Å². The maximum atomic E-state index is 13.3. The lowest BCUT2D eigenvalue weighted by molar-refractivity contribution is 0.387. The molecule has 2 aliphatic rings. The molecule has 2 aromatic rings. The van der Waals surface area contributed by atoms with Crippen molar-refractivity contribution in [2.75, 3.05) is 27.3 Å². The fraction of sp³-hybridized carbons (Fsp3) is 0.526. The van der Waals surface area contributed by atoms with E-state index in [0.29, 0.717) is 30.5 Å². The Labute approximate surface area is 160 Å². The van der Waals surface area contributed by atoms with E-state index in [2.05, 4.69) is 9.55 Å². The second-order valence-corrected chi connectivity index (χ2v) is 9.13. The molecule has 7 nitrogen and oxygen atoms in total. The monoisotopic (exact) mass is 391 g/mol. The molecule has 1 saturated heterocycles. The van der Waals surface area contributed by atoms with Crippen LogP contribution in [0.15, 0.2) is 29.3 Å². The van der Waals surface area contributed by atoms with Crippen LogP contribution < -0.4 is 9.47 Å². The molecule has 0 amide bonds. The highest BCUT2D eigenvalue weighted by molar-refractivity contribution is 7.89. The molecule has 1 aromatic carbocycles. The number of nitrogens with zero attached hydrogens (tertiary/aromatic N) is 3. The normalized spacial score (nSPS) is 20.8. The second kappa shape index (κ2) is 6.83. The number of ether oxygens (including phenoxy) is 2. The number of benzene rings is 1. The zero-order valence-electron chi connectivity index (χ0n) is 15.9. The summed E-state index contributed by atoms with van der Waals surface area (Å²) in [5.41, 5.74) is 1.10. The molecule has 1 unspecified atom stereocenters. The van der Waals surface area contributed by atoms with Crippen molar-refractivity contribution in [3.63, 3.8) is 0 Å². The maximum absolute atomic E-state index is 13.3. The highest BCUT2D eigenvalue weighted by Crippen LogP contribution is 2.42. The van der Waals surface area contributed by atoms with Crippen molar-refractivity contribution >= 4 is 10.0 Å². The zero-order chi connectivity index (χ0) is 19.2. The summed E-state index contributed by atoms with van der Waals surface area (Å²) in [6, 6.07) is 4.97. The minimum atomic E-state index is -3.67. The average molecular weight is 391 g/mol. The zero-order valence-corrected chi connectivity index (χ0v) is 16.7. The molecule has 0 bridgehead atoms. The predicted octanol–water partition coefficient (Wildman–Crippen LogP) is 2.72. The van der Waals surface area contributed by atoms with E-state index >= 15 is 0 Å². The van der Waals surface area contributed by atoms with Crippen LogP contribution in [-0.2, 0) is 10.0 Å². The van der Waals surface area contributed by atoms with Gasteiger partial charge in [-0.3, -0.25) is 0 Å². The first kappa shape index (κ1) is 18.3. The van der Waals surface area contributed by atoms with Crippen molar-refractivity contribution in [1.82, 2.24) is 13.9 Å². The smallest absolute Gasteiger partial charge is 0.246 e. The van der Waals surface area contributed by atoms with Crippen molar-refractivity contribution in [3.8, 4) is 11.5 Å². The van der Waals surface area contributed by atoms with Crippen LogP contribution in [0.25, 0.3) is 0 Å². The lowest BCUT2D eigenvalue weighted by Gasteiger charge is -2.20. The van der Waals surface area contributed by atoms with Crippen LogP contribution in [-0.4, -0.2) is 49.6 Å². The van der Waals surface area contributed by atoms with Gasteiger partial charge in [-0.15, -0.1) is 0 Å². The number of aryl methyl sites for hydroxylation is 1. The fourth-order valence-electron chi connectivity index (χ4n) is 3.85. The third-order valence-electron chi connectivity index (χ3n) is 5.43. The number of sulfonamides is 1. The molecule has 4 rings (SSSR count). The van der Waals surface area contributed by atoms with Crippen molar-refractivity contribution < 1.29 is 17.9 Å². The molecule has 0 N–H and O–H groups in total. The number of imidazole rings is 1. The molecule has 8 heteroatoms. The van der Waals surface area contributed by atoms with E-state index in [1.54, 1.807) is 16.4 Å². The summed E-state index contributed by atoms with van der Waals surface area (Å²) in [6.07, 6.45) is 5.02.